The van der Waals surface area contributed by atoms with E-state index in [1.165, 1.54) is 9.79 Å². The van der Waals surface area contributed by atoms with Crippen molar-refractivity contribution >= 4 is 11.8 Å². The average Bonchev–Trinajstić information content (AvgIpc) is 2.40. The van der Waals surface area contributed by atoms with Crippen LogP contribution in [0.15, 0.2) is 58.3 Å². The molecule has 1 atom stereocenters. The zero-order valence-electron chi connectivity index (χ0n) is 10.6. The summed E-state index contributed by atoms with van der Waals surface area (Å²) in [6, 6.07) is 16.5. The van der Waals surface area contributed by atoms with Crippen LogP contribution < -0.4 is 10.5 Å². The number of benzene rings is 2. The molecule has 18 heavy (non-hydrogen) atoms. The summed E-state index contributed by atoms with van der Waals surface area (Å²) in [7, 11) is 1.68. The van der Waals surface area contributed by atoms with Crippen molar-refractivity contribution in [3.05, 3.63) is 54.1 Å². The van der Waals surface area contributed by atoms with Crippen LogP contribution >= 0.6 is 11.8 Å². The summed E-state index contributed by atoms with van der Waals surface area (Å²) in [5.74, 6) is 0.881. The first-order valence-corrected chi connectivity index (χ1v) is 6.68. The fourth-order valence-electron chi connectivity index (χ4n) is 1.62. The second kappa shape index (κ2) is 5.94. The van der Waals surface area contributed by atoms with Gasteiger partial charge in [0.05, 0.1) is 7.11 Å². The zero-order valence-corrected chi connectivity index (χ0v) is 11.4. The normalized spacial score (nSPS) is 12.2. The van der Waals surface area contributed by atoms with E-state index in [9.17, 15) is 0 Å². The average molecular weight is 259 g/mol. The van der Waals surface area contributed by atoms with E-state index in [-0.39, 0.29) is 6.04 Å². The van der Waals surface area contributed by atoms with Crippen LogP contribution in [0.4, 0.5) is 0 Å². The van der Waals surface area contributed by atoms with E-state index in [1.807, 2.05) is 19.1 Å². The highest BCUT2D eigenvalue weighted by atomic mass is 32.2. The lowest BCUT2D eigenvalue weighted by Gasteiger charge is -2.07. The van der Waals surface area contributed by atoms with Crippen molar-refractivity contribution in [3.63, 3.8) is 0 Å². The van der Waals surface area contributed by atoms with Crippen LogP contribution in [-0.2, 0) is 0 Å². The lowest BCUT2D eigenvalue weighted by Crippen LogP contribution is -2.04. The van der Waals surface area contributed by atoms with Crippen molar-refractivity contribution in [2.24, 2.45) is 5.73 Å². The summed E-state index contributed by atoms with van der Waals surface area (Å²) in [6.07, 6.45) is 0. The summed E-state index contributed by atoms with van der Waals surface area (Å²) >= 11 is 1.73. The van der Waals surface area contributed by atoms with E-state index in [0.29, 0.717) is 0 Å². The fourth-order valence-corrected chi connectivity index (χ4v) is 2.44. The Morgan fingerprint density at radius 1 is 0.944 bits per heavy atom. The van der Waals surface area contributed by atoms with Gasteiger partial charge in [-0.05, 0) is 48.9 Å². The highest BCUT2D eigenvalue weighted by Gasteiger charge is 2.01. The van der Waals surface area contributed by atoms with Crippen LogP contribution in [0.3, 0.4) is 0 Å². The van der Waals surface area contributed by atoms with Gasteiger partial charge >= 0.3 is 0 Å². The molecule has 0 saturated heterocycles. The van der Waals surface area contributed by atoms with Crippen molar-refractivity contribution in [2.75, 3.05) is 7.11 Å². The Morgan fingerprint density at radius 2 is 1.44 bits per heavy atom. The molecule has 0 aliphatic heterocycles. The zero-order chi connectivity index (χ0) is 13.0. The van der Waals surface area contributed by atoms with Crippen molar-refractivity contribution in [3.8, 4) is 5.75 Å². The molecule has 0 unspecified atom stereocenters. The van der Waals surface area contributed by atoms with Crippen molar-refractivity contribution in [1.29, 1.82) is 0 Å². The van der Waals surface area contributed by atoms with E-state index in [0.717, 1.165) is 11.3 Å². The van der Waals surface area contributed by atoms with Gasteiger partial charge in [0.1, 0.15) is 5.75 Å². The van der Waals surface area contributed by atoms with Crippen LogP contribution in [0, 0.1) is 0 Å². The van der Waals surface area contributed by atoms with Crippen LogP contribution in [-0.4, -0.2) is 7.11 Å². The molecule has 2 aromatic carbocycles. The van der Waals surface area contributed by atoms with E-state index in [2.05, 4.69) is 36.4 Å². The highest BCUT2D eigenvalue weighted by Crippen LogP contribution is 2.29. The maximum Gasteiger partial charge on any atom is 0.118 e. The molecule has 2 rings (SSSR count). The molecule has 2 aromatic rings. The van der Waals surface area contributed by atoms with Crippen LogP contribution in [0.1, 0.15) is 18.5 Å². The van der Waals surface area contributed by atoms with Gasteiger partial charge in [-0.1, -0.05) is 23.9 Å². The van der Waals surface area contributed by atoms with Gasteiger partial charge in [-0.25, -0.2) is 0 Å². The number of rotatable bonds is 4. The predicted molar refractivity (Wildman–Crippen MR) is 76.2 cm³/mol. The SMILES string of the molecule is COc1ccc(Sc2ccc([C@H](C)N)cc2)cc1. The Kier molecular flexibility index (Phi) is 4.28. The summed E-state index contributed by atoms with van der Waals surface area (Å²) in [4.78, 5) is 2.41. The second-order valence-corrected chi connectivity index (χ2v) is 5.28. The molecular weight excluding hydrogens is 242 g/mol. The predicted octanol–water partition coefficient (Wildman–Crippen LogP) is 3.87. The van der Waals surface area contributed by atoms with Crippen molar-refractivity contribution < 1.29 is 4.74 Å². The quantitative estimate of drug-likeness (QED) is 0.905. The Hall–Kier alpha value is -1.45. The van der Waals surface area contributed by atoms with Gasteiger partial charge < -0.3 is 10.5 Å². The summed E-state index contributed by atoms with van der Waals surface area (Å²) in [5, 5.41) is 0. The summed E-state index contributed by atoms with van der Waals surface area (Å²) in [6.45, 7) is 1.99. The van der Waals surface area contributed by atoms with Gasteiger partial charge in [0.15, 0.2) is 0 Å². The van der Waals surface area contributed by atoms with E-state index in [1.54, 1.807) is 18.9 Å². The lowest BCUT2D eigenvalue weighted by atomic mass is 10.1. The first-order valence-electron chi connectivity index (χ1n) is 5.86. The highest BCUT2D eigenvalue weighted by molar-refractivity contribution is 7.99. The molecule has 0 saturated carbocycles. The maximum absolute atomic E-state index is 5.83. The van der Waals surface area contributed by atoms with Crippen molar-refractivity contribution in [2.45, 2.75) is 22.8 Å². The minimum absolute atomic E-state index is 0.0880. The topological polar surface area (TPSA) is 35.2 Å². The number of hydrogen-bond acceptors (Lipinski definition) is 3. The maximum atomic E-state index is 5.83. The van der Waals surface area contributed by atoms with Gasteiger partial charge in [0, 0.05) is 15.8 Å². The van der Waals surface area contributed by atoms with Gasteiger partial charge in [-0.3, -0.25) is 0 Å². The first-order chi connectivity index (χ1) is 8.69. The molecule has 2 nitrogen and oxygen atoms in total. The third-order valence-electron chi connectivity index (χ3n) is 2.70. The molecule has 3 heteroatoms. The minimum Gasteiger partial charge on any atom is -0.497 e. The van der Waals surface area contributed by atoms with Crippen LogP contribution in [0.25, 0.3) is 0 Å². The fraction of sp³-hybridized carbons (Fsp3) is 0.200. The molecule has 0 amide bonds. The number of nitrogens with two attached hydrogens (primary N) is 1. The molecule has 2 N–H and O–H groups in total. The molecule has 0 radical (unpaired) electrons. The lowest BCUT2D eigenvalue weighted by molar-refractivity contribution is 0.414. The Bertz CT molecular complexity index is 491. The molecule has 0 aliphatic rings. The van der Waals surface area contributed by atoms with Crippen LogP contribution in [0.5, 0.6) is 5.75 Å². The standard InChI is InChI=1S/C15H17NOS/c1-11(16)12-3-7-14(8-4-12)18-15-9-5-13(17-2)6-10-15/h3-11H,16H2,1-2H3/t11-/m0/s1. The molecule has 0 aliphatic carbocycles. The van der Waals surface area contributed by atoms with E-state index >= 15 is 0 Å². The van der Waals surface area contributed by atoms with Gasteiger partial charge in [0.2, 0.25) is 0 Å². The van der Waals surface area contributed by atoms with Gasteiger partial charge in [-0.15, -0.1) is 0 Å². The first kappa shape index (κ1) is 13.0. The van der Waals surface area contributed by atoms with Crippen molar-refractivity contribution in [1.82, 2.24) is 0 Å². The smallest absolute Gasteiger partial charge is 0.118 e. The molecule has 0 spiro atoms. The Balaban J connectivity index is 2.08. The molecule has 0 aromatic heterocycles. The number of ether oxygens (including phenoxy) is 1. The molecular formula is C15H17NOS. The number of hydrogen-bond donors (Lipinski definition) is 1. The van der Waals surface area contributed by atoms with Gasteiger partial charge in [0.25, 0.3) is 0 Å². The largest absolute Gasteiger partial charge is 0.497 e. The Morgan fingerprint density at radius 3 is 1.89 bits per heavy atom. The number of methoxy groups -OCH3 is 1. The van der Waals surface area contributed by atoms with Gasteiger partial charge in [-0.2, -0.15) is 0 Å². The summed E-state index contributed by atoms with van der Waals surface area (Å²) < 4.78 is 5.14. The Labute approximate surface area is 112 Å². The second-order valence-electron chi connectivity index (χ2n) is 4.14. The minimum atomic E-state index is 0.0880. The van der Waals surface area contributed by atoms with E-state index < -0.39 is 0 Å². The molecule has 0 fully saturated rings. The molecule has 0 bridgehead atoms. The molecule has 94 valence electrons. The third-order valence-corrected chi connectivity index (χ3v) is 3.72. The van der Waals surface area contributed by atoms with Crippen LogP contribution in [0.2, 0.25) is 0 Å². The monoisotopic (exact) mass is 259 g/mol. The van der Waals surface area contributed by atoms with E-state index in [4.69, 9.17) is 10.5 Å². The molecule has 0 heterocycles. The summed E-state index contributed by atoms with van der Waals surface area (Å²) in [5.41, 5.74) is 6.99. The third kappa shape index (κ3) is 3.28.